The molecule has 0 bridgehead atoms. The van der Waals surface area contributed by atoms with Crippen LogP contribution in [-0.2, 0) is 19.3 Å². The monoisotopic (exact) mass is 304 g/mol. The molecule has 1 saturated heterocycles. The Bertz CT molecular complexity index is 683. The standard InChI is InChI=1S/C16H16O4S/c17-21(18,14-9-5-2-6-10-14)12-16-19-11-15(20-16)13-7-3-1-4-8-13/h1-10,15-16H,11-12H2. The minimum atomic E-state index is -3.40. The van der Waals surface area contributed by atoms with Gasteiger partial charge < -0.3 is 9.47 Å². The first-order chi connectivity index (χ1) is 10.1. The lowest BCUT2D eigenvalue weighted by Gasteiger charge is -2.12. The molecule has 1 aliphatic heterocycles. The molecular formula is C16H16O4S. The van der Waals surface area contributed by atoms with Crippen LogP contribution in [0.2, 0.25) is 0 Å². The highest BCUT2D eigenvalue weighted by Gasteiger charge is 2.31. The first kappa shape index (κ1) is 14.3. The highest BCUT2D eigenvalue weighted by molar-refractivity contribution is 7.91. The quantitative estimate of drug-likeness (QED) is 0.871. The van der Waals surface area contributed by atoms with E-state index in [9.17, 15) is 8.42 Å². The van der Waals surface area contributed by atoms with Gasteiger partial charge in [0.1, 0.15) is 11.9 Å². The van der Waals surface area contributed by atoms with Crippen LogP contribution in [0.4, 0.5) is 0 Å². The van der Waals surface area contributed by atoms with E-state index in [1.807, 2.05) is 30.3 Å². The summed E-state index contributed by atoms with van der Waals surface area (Å²) >= 11 is 0. The Kier molecular flexibility index (Phi) is 4.05. The van der Waals surface area contributed by atoms with Gasteiger partial charge in [-0.1, -0.05) is 48.5 Å². The third-order valence-corrected chi connectivity index (χ3v) is 5.08. The molecule has 2 atom stereocenters. The lowest BCUT2D eigenvalue weighted by molar-refractivity contribution is -0.0399. The van der Waals surface area contributed by atoms with E-state index < -0.39 is 16.1 Å². The second-order valence-corrected chi connectivity index (χ2v) is 6.93. The van der Waals surface area contributed by atoms with Crippen molar-refractivity contribution < 1.29 is 17.9 Å². The minimum Gasteiger partial charge on any atom is -0.348 e. The van der Waals surface area contributed by atoms with Crippen molar-refractivity contribution in [1.82, 2.24) is 0 Å². The zero-order valence-corrected chi connectivity index (χ0v) is 12.2. The van der Waals surface area contributed by atoms with Gasteiger partial charge in [0.15, 0.2) is 16.1 Å². The van der Waals surface area contributed by atoms with Crippen molar-refractivity contribution in [2.75, 3.05) is 12.4 Å². The summed E-state index contributed by atoms with van der Waals surface area (Å²) in [7, 11) is -3.40. The highest BCUT2D eigenvalue weighted by atomic mass is 32.2. The number of rotatable bonds is 4. The number of benzene rings is 2. The van der Waals surface area contributed by atoms with Crippen molar-refractivity contribution in [1.29, 1.82) is 0 Å². The molecule has 1 fully saturated rings. The molecule has 21 heavy (non-hydrogen) atoms. The fraction of sp³-hybridized carbons (Fsp3) is 0.250. The molecule has 1 aliphatic rings. The van der Waals surface area contributed by atoms with E-state index in [1.165, 1.54) is 0 Å². The van der Waals surface area contributed by atoms with Gasteiger partial charge in [-0.15, -0.1) is 0 Å². The average molecular weight is 304 g/mol. The van der Waals surface area contributed by atoms with Gasteiger partial charge >= 0.3 is 0 Å². The Hall–Kier alpha value is -1.69. The van der Waals surface area contributed by atoms with Gasteiger partial charge in [0.05, 0.1) is 11.5 Å². The van der Waals surface area contributed by atoms with E-state index in [4.69, 9.17) is 9.47 Å². The lowest BCUT2D eigenvalue weighted by atomic mass is 10.1. The van der Waals surface area contributed by atoms with Crippen molar-refractivity contribution >= 4 is 9.84 Å². The Labute approximate surface area is 124 Å². The number of ether oxygens (including phenoxy) is 2. The molecule has 2 unspecified atom stereocenters. The van der Waals surface area contributed by atoms with E-state index in [1.54, 1.807) is 30.3 Å². The van der Waals surface area contributed by atoms with E-state index in [-0.39, 0.29) is 11.9 Å². The molecule has 0 aromatic heterocycles. The topological polar surface area (TPSA) is 52.6 Å². The van der Waals surface area contributed by atoms with Crippen LogP contribution in [-0.4, -0.2) is 27.1 Å². The predicted octanol–water partition coefficient (Wildman–Crippen LogP) is 2.57. The fourth-order valence-corrected chi connectivity index (χ4v) is 3.59. The van der Waals surface area contributed by atoms with Gasteiger partial charge in [-0.05, 0) is 17.7 Å². The molecule has 0 amide bonds. The van der Waals surface area contributed by atoms with Crippen molar-refractivity contribution in [3.63, 3.8) is 0 Å². The van der Waals surface area contributed by atoms with Crippen LogP contribution >= 0.6 is 0 Å². The third-order valence-electron chi connectivity index (χ3n) is 3.38. The average Bonchev–Trinajstić information content (AvgIpc) is 2.97. The summed E-state index contributed by atoms with van der Waals surface area (Å²) in [6.07, 6.45) is -0.928. The Morgan fingerprint density at radius 2 is 1.57 bits per heavy atom. The molecule has 2 aromatic rings. The molecule has 0 spiro atoms. The Morgan fingerprint density at radius 3 is 2.24 bits per heavy atom. The summed E-state index contributed by atoms with van der Waals surface area (Å²) in [6.45, 7) is 0.374. The van der Waals surface area contributed by atoms with Gasteiger partial charge in [0.2, 0.25) is 0 Å². The molecule has 0 aliphatic carbocycles. The molecule has 4 nitrogen and oxygen atoms in total. The van der Waals surface area contributed by atoms with Crippen LogP contribution in [0.5, 0.6) is 0 Å². The summed E-state index contributed by atoms with van der Waals surface area (Å²) < 4.78 is 35.7. The largest absolute Gasteiger partial charge is 0.348 e. The summed E-state index contributed by atoms with van der Waals surface area (Å²) in [5.41, 5.74) is 0.997. The summed E-state index contributed by atoms with van der Waals surface area (Å²) in [5, 5.41) is 0. The zero-order valence-electron chi connectivity index (χ0n) is 11.4. The van der Waals surface area contributed by atoms with Crippen LogP contribution in [0.25, 0.3) is 0 Å². The maximum Gasteiger partial charge on any atom is 0.183 e. The van der Waals surface area contributed by atoms with Crippen molar-refractivity contribution in [2.24, 2.45) is 0 Å². The number of sulfone groups is 1. The van der Waals surface area contributed by atoms with Crippen molar-refractivity contribution in [3.05, 3.63) is 66.2 Å². The van der Waals surface area contributed by atoms with E-state index in [2.05, 4.69) is 0 Å². The van der Waals surface area contributed by atoms with Crippen LogP contribution < -0.4 is 0 Å². The smallest absolute Gasteiger partial charge is 0.183 e. The third kappa shape index (κ3) is 3.32. The Balaban J connectivity index is 1.68. The van der Waals surface area contributed by atoms with Crippen LogP contribution in [0, 0.1) is 0 Å². The maximum atomic E-state index is 12.3. The molecule has 0 radical (unpaired) electrons. The molecule has 0 saturated carbocycles. The van der Waals surface area contributed by atoms with Gasteiger partial charge in [0.25, 0.3) is 0 Å². The van der Waals surface area contributed by atoms with E-state index >= 15 is 0 Å². The van der Waals surface area contributed by atoms with Crippen LogP contribution in [0.15, 0.2) is 65.6 Å². The SMILES string of the molecule is O=S(=O)(CC1OCC(c2ccccc2)O1)c1ccccc1. The second-order valence-electron chi connectivity index (χ2n) is 4.89. The van der Waals surface area contributed by atoms with Crippen LogP contribution in [0.3, 0.4) is 0 Å². The van der Waals surface area contributed by atoms with E-state index in [0.717, 1.165) is 5.56 Å². The zero-order chi connectivity index (χ0) is 14.7. The highest BCUT2D eigenvalue weighted by Crippen LogP contribution is 2.27. The normalized spacial score (nSPS) is 22.3. The lowest BCUT2D eigenvalue weighted by Crippen LogP contribution is -2.22. The number of hydrogen-bond donors (Lipinski definition) is 0. The first-order valence-electron chi connectivity index (χ1n) is 6.75. The molecule has 0 N–H and O–H groups in total. The Morgan fingerprint density at radius 1 is 0.952 bits per heavy atom. The predicted molar refractivity (Wildman–Crippen MR) is 78.5 cm³/mol. The first-order valence-corrected chi connectivity index (χ1v) is 8.40. The van der Waals surface area contributed by atoms with Gasteiger partial charge in [-0.2, -0.15) is 0 Å². The summed E-state index contributed by atoms with van der Waals surface area (Å²) in [5.74, 6) is -0.166. The molecule has 5 heteroatoms. The molecule has 3 rings (SSSR count). The minimum absolute atomic E-state index is 0.166. The summed E-state index contributed by atoms with van der Waals surface area (Å²) in [4.78, 5) is 0.292. The molecular weight excluding hydrogens is 288 g/mol. The van der Waals surface area contributed by atoms with Gasteiger partial charge in [0, 0.05) is 0 Å². The summed E-state index contributed by atoms with van der Waals surface area (Å²) in [6, 6.07) is 18.0. The second kappa shape index (κ2) is 5.97. The molecule has 2 aromatic carbocycles. The molecule has 110 valence electrons. The van der Waals surface area contributed by atoms with Gasteiger partial charge in [-0.3, -0.25) is 0 Å². The van der Waals surface area contributed by atoms with Gasteiger partial charge in [-0.25, -0.2) is 8.42 Å². The fourth-order valence-electron chi connectivity index (χ4n) is 2.29. The maximum absolute atomic E-state index is 12.3. The van der Waals surface area contributed by atoms with Crippen LogP contribution in [0.1, 0.15) is 11.7 Å². The molecule has 1 heterocycles. The van der Waals surface area contributed by atoms with E-state index in [0.29, 0.717) is 11.5 Å². The number of hydrogen-bond acceptors (Lipinski definition) is 4. The van der Waals surface area contributed by atoms with Crippen molar-refractivity contribution in [2.45, 2.75) is 17.3 Å². The van der Waals surface area contributed by atoms with Crippen molar-refractivity contribution in [3.8, 4) is 0 Å².